The third kappa shape index (κ3) is 6.91. The number of anilines is 4. The highest BCUT2D eigenvalue weighted by Gasteiger charge is 2.37. The number of fused-ring (bicyclic) bond motifs is 9. The second-order valence-corrected chi connectivity index (χ2v) is 19.8. The molecule has 0 spiro atoms. The summed E-state index contributed by atoms with van der Waals surface area (Å²) in [5.74, 6) is 0.0393. The summed E-state index contributed by atoms with van der Waals surface area (Å²) in [5.41, 5.74) is 24.1. The summed E-state index contributed by atoms with van der Waals surface area (Å²) in [6.45, 7) is 13.4. The fraction of sp³-hybridized carbons (Fsp3) is 0.0896. The first-order chi connectivity index (χ1) is 34.1. The van der Waals surface area contributed by atoms with Gasteiger partial charge in [-0.25, -0.2) is 0 Å². The van der Waals surface area contributed by atoms with Gasteiger partial charge in [0.2, 0.25) is 0 Å². The zero-order chi connectivity index (χ0) is 47.7. The Bertz CT molecular complexity index is 3640. The molecule has 0 aliphatic heterocycles. The van der Waals surface area contributed by atoms with Crippen molar-refractivity contribution in [1.82, 2.24) is 0 Å². The fourth-order valence-corrected chi connectivity index (χ4v) is 11.5. The molecule has 0 bridgehead atoms. The van der Waals surface area contributed by atoms with Crippen LogP contribution >= 0.6 is 0 Å². The number of ketones is 1. The third-order valence-corrected chi connectivity index (χ3v) is 15.0. The molecule has 3 aliphatic carbocycles. The quantitative estimate of drug-likeness (QED) is 0.139. The average Bonchev–Trinajstić information content (AvgIpc) is 3.92. The number of carbonyl (C=O) groups excluding carboxylic acids is 1. The molecule has 0 saturated carbocycles. The Balaban J connectivity index is 0.902. The fourth-order valence-electron chi connectivity index (χ4n) is 11.5. The smallest absolute Gasteiger partial charge is 0.194 e. The lowest BCUT2D eigenvalue weighted by molar-refractivity contribution is 0.104. The molecule has 9 aromatic rings. The maximum atomic E-state index is 14.4. The van der Waals surface area contributed by atoms with Crippen LogP contribution in [0.4, 0.5) is 22.7 Å². The molecule has 0 amide bonds. The molecule has 0 radical (unpaired) electrons. The van der Waals surface area contributed by atoms with Gasteiger partial charge in [0, 0.05) is 62.0 Å². The SMILES string of the molecule is C=C/C=C(\C=C/N(c1ccc(-c2ccccc2)cc1)c1ccc2c(c1)C(C)(C)c1ccccc1-2)c1cccc2c1-c1c(cccc1-c1ccc(Nc3ccc4c(c3)C(C)(C)c3ccccc3-4)cc1)C2=O. The van der Waals surface area contributed by atoms with Crippen molar-refractivity contribution in [2.45, 2.75) is 38.5 Å². The van der Waals surface area contributed by atoms with Crippen LogP contribution in [0.1, 0.15) is 71.4 Å². The Morgan fingerprint density at radius 2 is 0.971 bits per heavy atom. The lowest BCUT2D eigenvalue weighted by Gasteiger charge is -2.26. The zero-order valence-electron chi connectivity index (χ0n) is 39.9. The summed E-state index contributed by atoms with van der Waals surface area (Å²) < 4.78 is 0. The van der Waals surface area contributed by atoms with Gasteiger partial charge in [-0.3, -0.25) is 4.79 Å². The molecule has 70 heavy (non-hydrogen) atoms. The van der Waals surface area contributed by atoms with Crippen LogP contribution in [0, 0.1) is 0 Å². The first-order valence-corrected chi connectivity index (χ1v) is 24.2. The summed E-state index contributed by atoms with van der Waals surface area (Å²) in [6, 6.07) is 71.2. The largest absolute Gasteiger partial charge is 0.356 e. The van der Waals surface area contributed by atoms with Crippen LogP contribution in [0.5, 0.6) is 0 Å². The van der Waals surface area contributed by atoms with Gasteiger partial charge in [-0.1, -0.05) is 198 Å². The van der Waals surface area contributed by atoms with Gasteiger partial charge < -0.3 is 10.2 Å². The minimum Gasteiger partial charge on any atom is -0.356 e. The number of nitrogens with one attached hydrogen (secondary N) is 1. The molecule has 9 aromatic carbocycles. The molecule has 3 aliphatic rings. The maximum absolute atomic E-state index is 14.4. The van der Waals surface area contributed by atoms with Crippen LogP contribution in [0.2, 0.25) is 0 Å². The first-order valence-electron chi connectivity index (χ1n) is 24.2. The van der Waals surface area contributed by atoms with Gasteiger partial charge in [0.05, 0.1) is 0 Å². The van der Waals surface area contributed by atoms with Crippen LogP contribution in [0.15, 0.2) is 231 Å². The van der Waals surface area contributed by atoms with E-state index in [2.05, 4.69) is 239 Å². The second kappa shape index (κ2) is 16.6. The number of carbonyl (C=O) groups is 1. The molecular weight excluding hydrogens is 849 g/mol. The average molecular weight is 901 g/mol. The van der Waals surface area contributed by atoms with Gasteiger partial charge >= 0.3 is 0 Å². The molecule has 1 N–H and O–H groups in total. The minimum atomic E-state index is -0.158. The van der Waals surface area contributed by atoms with Crippen molar-refractivity contribution in [2.75, 3.05) is 10.2 Å². The van der Waals surface area contributed by atoms with Crippen molar-refractivity contribution in [3.8, 4) is 55.6 Å². The van der Waals surface area contributed by atoms with Crippen LogP contribution in [-0.4, -0.2) is 5.78 Å². The summed E-state index contributed by atoms with van der Waals surface area (Å²) in [7, 11) is 0. The van der Waals surface area contributed by atoms with Gasteiger partial charge in [-0.05, 0) is 133 Å². The van der Waals surface area contributed by atoms with Gasteiger partial charge in [0.1, 0.15) is 0 Å². The highest BCUT2D eigenvalue weighted by molar-refractivity contribution is 6.25. The van der Waals surface area contributed by atoms with Gasteiger partial charge in [0.15, 0.2) is 5.78 Å². The highest BCUT2D eigenvalue weighted by atomic mass is 16.1. The summed E-state index contributed by atoms with van der Waals surface area (Å²) in [4.78, 5) is 16.7. The summed E-state index contributed by atoms with van der Waals surface area (Å²) in [5, 5.41) is 3.68. The van der Waals surface area contributed by atoms with E-state index in [0.29, 0.717) is 11.1 Å². The molecule has 0 atom stereocenters. The lowest BCUT2D eigenvalue weighted by Crippen LogP contribution is -2.16. The molecule has 0 saturated heterocycles. The van der Waals surface area contributed by atoms with Crippen molar-refractivity contribution < 1.29 is 4.79 Å². The van der Waals surface area contributed by atoms with E-state index in [1.807, 2.05) is 30.3 Å². The second-order valence-electron chi connectivity index (χ2n) is 19.8. The van der Waals surface area contributed by atoms with Crippen molar-refractivity contribution in [2.24, 2.45) is 0 Å². The number of hydrogen-bond donors (Lipinski definition) is 1. The molecule has 3 heteroatoms. The van der Waals surface area contributed by atoms with E-state index < -0.39 is 0 Å². The molecule has 0 heterocycles. The van der Waals surface area contributed by atoms with E-state index in [4.69, 9.17) is 0 Å². The Morgan fingerprint density at radius 1 is 0.457 bits per heavy atom. The maximum Gasteiger partial charge on any atom is 0.194 e. The van der Waals surface area contributed by atoms with E-state index in [-0.39, 0.29) is 16.6 Å². The Hall–Kier alpha value is -8.53. The van der Waals surface area contributed by atoms with E-state index >= 15 is 0 Å². The number of benzene rings is 9. The number of rotatable bonds is 10. The number of allylic oxidation sites excluding steroid dienone is 4. The number of nitrogens with zero attached hydrogens (tertiary/aromatic N) is 1. The topological polar surface area (TPSA) is 32.3 Å². The standard InChI is InChI=1S/C67H52N2O/c1-6-16-45(39-40-69(49-34-29-44(30-35-49)43-17-8-7-9-18-43)50-36-38-56-54-20-11-13-26-60(54)67(4,5)62(56)42-50)51-21-14-23-57-63(51)64-52(22-15-24-58(64)65(57)70)46-27-31-47(32-28-46)68-48-33-37-55-53-19-10-12-25-59(53)66(2,3)61(55)41-48/h6-42,68H,1H2,2-5H3/b40-39-,45-16+. The molecule has 3 nitrogen and oxygen atoms in total. The molecule has 0 aromatic heterocycles. The lowest BCUT2D eigenvalue weighted by atomic mass is 9.82. The summed E-state index contributed by atoms with van der Waals surface area (Å²) >= 11 is 0. The zero-order valence-corrected chi connectivity index (χ0v) is 39.9. The van der Waals surface area contributed by atoms with E-state index in [1.165, 1.54) is 50.1 Å². The van der Waals surface area contributed by atoms with Crippen molar-refractivity contribution in [1.29, 1.82) is 0 Å². The first kappa shape index (κ1) is 42.8. The molecule has 0 fully saturated rings. The monoisotopic (exact) mass is 900 g/mol. The van der Waals surface area contributed by atoms with Gasteiger partial charge in [-0.15, -0.1) is 0 Å². The minimum absolute atomic E-state index is 0.0393. The molecular formula is C67H52N2O. The Kier molecular flexibility index (Phi) is 10.2. The van der Waals surface area contributed by atoms with Crippen molar-refractivity contribution >= 4 is 34.1 Å². The van der Waals surface area contributed by atoms with Crippen molar-refractivity contribution in [3.63, 3.8) is 0 Å². The predicted octanol–water partition coefficient (Wildman–Crippen LogP) is 17.5. The number of hydrogen-bond acceptors (Lipinski definition) is 3. The predicted molar refractivity (Wildman–Crippen MR) is 293 cm³/mol. The van der Waals surface area contributed by atoms with Crippen LogP contribution in [-0.2, 0) is 10.8 Å². The molecule has 12 rings (SSSR count). The van der Waals surface area contributed by atoms with Gasteiger partial charge in [0.25, 0.3) is 0 Å². The highest BCUT2D eigenvalue weighted by Crippen LogP contribution is 2.52. The van der Waals surface area contributed by atoms with Crippen LogP contribution in [0.25, 0.3) is 61.2 Å². The third-order valence-electron chi connectivity index (χ3n) is 15.0. The van der Waals surface area contributed by atoms with Crippen LogP contribution in [0.3, 0.4) is 0 Å². The normalized spacial score (nSPS) is 14.3. The van der Waals surface area contributed by atoms with Crippen LogP contribution < -0.4 is 10.2 Å². The van der Waals surface area contributed by atoms with Crippen molar-refractivity contribution in [3.05, 3.63) is 270 Å². The Labute approximate surface area is 411 Å². The van der Waals surface area contributed by atoms with Gasteiger partial charge in [-0.2, -0.15) is 0 Å². The van der Waals surface area contributed by atoms with E-state index in [0.717, 1.165) is 61.7 Å². The molecule has 336 valence electrons. The molecule has 0 unspecified atom stereocenters. The Morgan fingerprint density at radius 3 is 1.66 bits per heavy atom. The van der Waals surface area contributed by atoms with E-state index in [9.17, 15) is 4.79 Å². The van der Waals surface area contributed by atoms with E-state index in [1.54, 1.807) is 0 Å². The summed E-state index contributed by atoms with van der Waals surface area (Å²) in [6.07, 6.45) is 8.22.